The number of hydrogen-bond acceptors (Lipinski definition) is 13. The van der Waals surface area contributed by atoms with E-state index in [1.165, 1.54) is 22.7 Å². The summed E-state index contributed by atoms with van der Waals surface area (Å²) < 4.78 is 40.6. The number of benzene rings is 1. The number of fused-ring (bicyclic) bond motifs is 3. The third-order valence-electron chi connectivity index (χ3n) is 13.0. The van der Waals surface area contributed by atoms with Crippen LogP contribution in [0, 0.1) is 12.8 Å². The molecule has 0 unspecified atom stereocenters. The maximum absolute atomic E-state index is 15.1. The highest BCUT2D eigenvalue weighted by atomic mass is 32.2. The van der Waals surface area contributed by atoms with E-state index < -0.39 is 56.2 Å². The van der Waals surface area contributed by atoms with E-state index >= 15 is 4.79 Å². The molecule has 63 heavy (non-hydrogen) atoms. The normalized spacial score (nSPS) is 25.1. The van der Waals surface area contributed by atoms with Gasteiger partial charge in [0.1, 0.15) is 45.9 Å². The van der Waals surface area contributed by atoms with Crippen molar-refractivity contribution in [3.8, 4) is 22.2 Å². The van der Waals surface area contributed by atoms with Crippen LogP contribution in [0.1, 0.15) is 122 Å². The van der Waals surface area contributed by atoms with E-state index in [0.717, 1.165) is 53.0 Å². The minimum absolute atomic E-state index is 0.0819. The van der Waals surface area contributed by atoms with Crippen molar-refractivity contribution in [2.75, 3.05) is 19.0 Å². The second-order valence-electron chi connectivity index (χ2n) is 19.2. The molecule has 1 aromatic carbocycles. The van der Waals surface area contributed by atoms with Crippen LogP contribution in [0.2, 0.25) is 0 Å². The number of pyridine rings is 1. The number of aromatic nitrogens is 3. The van der Waals surface area contributed by atoms with Gasteiger partial charge in [-0.25, -0.2) is 23.4 Å². The number of thiazole rings is 2. The molecule has 8 rings (SSSR count). The molecule has 5 heterocycles. The number of nitrogens with one attached hydrogen (secondary N) is 3. The van der Waals surface area contributed by atoms with Gasteiger partial charge in [0, 0.05) is 45.5 Å². The van der Waals surface area contributed by atoms with E-state index in [0.29, 0.717) is 47.1 Å². The van der Waals surface area contributed by atoms with Gasteiger partial charge in [0.25, 0.3) is 5.91 Å². The molecule has 0 bridgehead atoms. The Morgan fingerprint density at radius 2 is 1.83 bits per heavy atom. The van der Waals surface area contributed by atoms with Crippen LogP contribution < -0.4 is 24.8 Å². The Morgan fingerprint density at radius 1 is 1.05 bits per heavy atom. The number of nitrogens with zero attached hydrogens (tertiary/aromatic N) is 4. The zero-order chi connectivity index (χ0) is 45.1. The summed E-state index contributed by atoms with van der Waals surface area (Å²) in [4.78, 5) is 60.3. The lowest BCUT2D eigenvalue weighted by molar-refractivity contribution is -0.140. The van der Waals surface area contributed by atoms with E-state index in [-0.39, 0.29) is 36.6 Å². The molecular weight excluding hydrogens is 859 g/mol. The Labute approximate surface area is 378 Å². The monoisotopic (exact) mass is 917 g/mol. The summed E-state index contributed by atoms with van der Waals surface area (Å²) in [7, 11) is -2.37. The van der Waals surface area contributed by atoms with Crippen LogP contribution in [0.25, 0.3) is 21.6 Å². The number of carbonyl (C=O) groups is 3. The Hall–Kier alpha value is -4.61. The van der Waals surface area contributed by atoms with E-state index in [4.69, 9.17) is 24.4 Å². The standard InChI is InChI=1S/C46H59N7O7S3/c1-26(2)33-24-61-40(48-33)32-21-36(30-16-17-35(59-8)27(3)38(30)47-32)60-29-20-34-39(54)51-46(42(56)52-63(57,58)45(7)18-19-45)22-28(46)14-12-10-9-11-13-15-31(41(55)53(34)23-29)49-43-50-37(25-62-43)44(4,5)6/h12,14,16-17,21,24-26,28-29,31,34H,9-11,13,15,18-20,22-23H2,1-8H3,(H,49,50)(H,51,54)(H,52,56)/t28-,29-,31+,34+,46-/m1/s1. The van der Waals surface area contributed by atoms with Gasteiger partial charge in [-0.15, -0.1) is 22.7 Å². The summed E-state index contributed by atoms with van der Waals surface area (Å²) in [6.45, 7) is 14.1. The number of sulfonamides is 1. The highest BCUT2D eigenvalue weighted by Crippen LogP contribution is 2.48. The van der Waals surface area contributed by atoms with Gasteiger partial charge in [-0.2, -0.15) is 0 Å². The number of amides is 3. The van der Waals surface area contributed by atoms with Crippen molar-refractivity contribution in [2.24, 2.45) is 5.92 Å². The number of carbonyl (C=O) groups excluding carboxylic acids is 3. The first-order valence-corrected chi connectivity index (χ1v) is 25.3. The largest absolute Gasteiger partial charge is 0.496 e. The van der Waals surface area contributed by atoms with Crippen molar-refractivity contribution < 1.29 is 32.3 Å². The Bertz CT molecular complexity index is 2560. The summed E-state index contributed by atoms with van der Waals surface area (Å²) in [5.41, 5.74) is 2.34. The van der Waals surface area contributed by atoms with Crippen molar-refractivity contribution in [3.63, 3.8) is 0 Å². The molecule has 0 radical (unpaired) electrons. The molecule has 338 valence electrons. The molecule has 4 aliphatic rings. The van der Waals surface area contributed by atoms with Crippen molar-refractivity contribution in [2.45, 2.75) is 146 Å². The maximum atomic E-state index is 15.1. The highest BCUT2D eigenvalue weighted by Gasteiger charge is 2.63. The Kier molecular flexibility index (Phi) is 12.2. The first-order valence-electron chi connectivity index (χ1n) is 22.0. The average Bonchev–Trinajstić information content (AvgIpc) is 3.83. The van der Waals surface area contributed by atoms with Gasteiger partial charge in [0.15, 0.2) is 5.13 Å². The van der Waals surface area contributed by atoms with Crippen LogP contribution in [-0.2, 0) is 29.8 Å². The van der Waals surface area contributed by atoms with Crippen LogP contribution in [-0.4, -0.2) is 88.1 Å². The number of aryl methyl sites for hydroxylation is 1. The van der Waals surface area contributed by atoms with Gasteiger partial charge in [0.05, 0.1) is 35.3 Å². The van der Waals surface area contributed by atoms with E-state index in [1.807, 2.05) is 48.0 Å². The van der Waals surface area contributed by atoms with Crippen LogP contribution in [0.5, 0.6) is 11.5 Å². The molecule has 2 saturated carbocycles. The smallest absolute Gasteiger partial charge is 0.259 e. The zero-order valence-corrected chi connectivity index (χ0v) is 39.8. The fraction of sp³-hybridized carbons (Fsp3) is 0.565. The molecule has 1 saturated heterocycles. The fourth-order valence-corrected chi connectivity index (χ4v) is 11.7. The minimum atomic E-state index is -3.99. The molecule has 17 heteroatoms. The molecule has 3 amide bonds. The van der Waals surface area contributed by atoms with Gasteiger partial charge in [0.2, 0.25) is 21.8 Å². The second-order valence-corrected chi connectivity index (χ2v) is 23.1. The number of hydrogen-bond donors (Lipinski definition) is 3. The quantitative estimate of drug-likeness (QED) is 0.132. The molecule has 2 aliphatic carbocycles. The molecule has 14 nitrogen and oxygen atoms in total. The Balaban J connectivity index is 1.15. The summed E-state index contributed by atoms with van der Waals surface area (Å²) >= 11 is 2.95. The predicted molar refractivity (Wildman–Crippen MR) is 247 cm³/mol. The van der Waals surface area contributed by atoms with Gasteiger partial charge in [-0.3, -0.25) is 19.1 Å². The first kappa shape index (κ1) is 45.0. The lowest BCUT2D eigenvalue weighted by Gasteiger charge is -2.30. The summed E-state index contributed by atoms with van der Waals surface area (Å²) in [6.07, 6.45) is 8.30. The van der Waals surface area contributed by atoms with Crippen molar-refractivity contribution >= 4 is 66.5 Å². The molecule has 0 spiro atoms. The van der Waals surface area contributed by atoms with Gasteiger partial charge in [-0.05, 0) is 70.4 Å². The van der Waals surface area contributed by atoms with E-state index in [9.17, 15) is 18.0 Å². The molecule has 4 aromatic rings. The van der Waals surface area contributed by atoms with Gasteiger partial charge < -0.3 is 25.0 Å². The van der Waals surface area contributed by atoms with E-state index in [2.05, 4.69) is 50.0 Å². The third kappa shape index (κ3) is 9.06. The van der Waals surface area contributed by atoms with Crippen molar-refractivity contribution in [3.05, 3.63) is 58.1 Å². The lowest BCUT2D eigenvalue weighted by Crippen LogP contribution is -2.58. The number of rotatable bonds is 10. The molecular formula is C46H59N7O7S3. The van der Waals surface area contributed by atoms with Crippen LogP contribution in [0.4, 0.5) is 5.13 Å². The topological polar surface area (TPSA) is 182 Å². The summed E-state index contributed by atoms with van der Waals surface area (Å²) in [5, 5.41) is 12.6. The minimum Gasteiger partial charge on any atom is -0.496 e. The van der Waals surface area contributed by atoms with Crippen LogP contribution in [0.3, 0.4) is 0 Å². The van der Waals surface area contributed by atoms with E-state index in [1.54, 1.807) is 18.9 Å². The summed E-state index contributed by atoms with van der Waals surface area (Å²) in [5.74, 6) is -0.557. The number of methoxy groups -OCH3 is 1. The van der Waals surface area contributed by atoms with Gasteiger partial charge >= 0.3 is 0 Å². The highest BCUT2D eigenvalue weighted by molar-refractivity contribution is 7.91. The van der Waals surface area contributed by atoms with Crippen molar-refractivity contribution in [1.29, 1.82) is 0 Å². The molecule has 5 atom stereocenters. The second kappa shape index (κ2) is 17.1. The first-order chi connectivity index (χ1) is 29.8. The van der Waals surface area contributed by atoms with Gasteiger partial charge in [-0.1, -0.05) is 59.6 Å². The number of anilines is 1. The fourth-order valence-electron chi connectivity index (χ4n) is 8.44. The van der Waals surface area contributed by atoms with Crippen LogP contribution in [0.15, 0.2) is 41.1 Å². The average molecular weight is 918 g/mol. The third-order valence-corrected chi connectivity index (χ3v) is 16.9. The molecule has 3 aromatic heterocycles. The zero-order valence-electron chi connectivity index (χ0n) is 37.4. The predicted octanol–water partition coefficient (Wildman–Crippen LogP) is 7.78. The SMILES string of the molecule is COc1ccc2c(O[C@@H]3C[C@H]4C(=O)N[C@]5(C(=O)NS(=O)(=O)C6(C)CC6)C[C@H]5C=CCCCCC[C@H](Nc5nc(C(C)(C)C)cs5)C(=O)N4C3)cc(-c3nc(C(C)C)cs3)nc2c1C. The number of allylic oxidation sites excluding steroid dienone is 1. The van der Waals surface area contributed by atoms with Crippen LogP contribution >= 0.6 is 22.7 Å². The summed E-state index contributed by atoms with van der Waals surface area (Å²) in [6, 6.07) is 3.91. The number of ether oxygens (including phenoxy) is 2. The maximum Gasteiger partial charge on any atom is 0.259 e. The molecule has 3 N–H and O–H groups in total. The lowest BCUT2D eigenvalue weighted by atomic mass is 9.93. The Morgan fingerprint density at radius 3 is 2.51 bits per heavy atom. The molecule has 2 aliphatic heterocycles. The van der Waals surface area contributed by atoms with Crippen molar-refractivity contribution in [1.82, 2.24) is 29.9 Å². The molecule has 3 fully saturated rings.